The first-order valence-electron chi connectivity index (χ1n) is 9.57. The second-order valence-electron chi connectivity index (χ2n) is 7.38. The van der Waals surface area contributed by atoms with Crippen LogP contribution >= 0.6 is 0 Å². The molecule has 2 aromatic rings. The Morgan fingerprint density at radius 3 is 2.63 bits per heavy atom. The van der Waals surface area contributed by atoms with Crippen molar-refractivity contribution in [3.05, 3.63) is 35.5 Å². The first-order valence-corrected chi connectivity index (χ1v) is 9.57. The highest BCUT2D eigenvalue weighted by molar-refractivity contribution is 5.74. The van der Waals surface area contributed by atoms with E-state index in [1.807, 2.05) is 36.2 Å². The molecule has 0 bridgehead atoms. The Kier molecular flexibility index (Phi) is 4.78. The van der Waals surface area contributed by atoms with Crippen LogP contribution in [-0.4, -0.2) is 47.4 Å². The van der Waals surface area contributed by atoms with Crippen molar-refractivity contribution in [2.24, 2.45) is 0 Å². The van der Waals surface area contributed by atoms with Crippen LogP contribution in [0.25, 0.3) is 0 Å². The fourth-order valence-corrected chi connectivity index (χ4v) is 4.02. The van der Waals surface area contributed by atoms with Crippen molar-refractivity contribution in [2.75, 3.05) is 37.4 Å². The molecule has 0 saturated carbocycles. The van der Waals surface area contributed by atoms with Crippen LogP contribution in [-0.2, 0) is 22.5 Å². The Hall–Kier alpha value is -2.54. The van der Waals surface area contributed by atoms with Gasteiger partial charge in [0.2, 0.25) is 5.91 Å². The van der Waals surface area contributed by atoms with E-state index in [1.165, 1.54) is 5.69 Å². The van der Waals surface area contributed by atoms with Crippen LogP contribution in [0.3, 0.4) is 0 Å². The zero-order chi connectivity index (χ0) is 19.0. The van der Waals surface area contributed by atoms with E-state index in [1.54, 1.807) is 6.92 Å². The minimum Gasteiger partial charge on any atom is -0.399 e. The predicted octanol–water partition coefficient (Wildman–Crippen LogP) is 2.49. The van der Waals surface area contributed by atoms with Gasteiger partial charge in [-0.05, 0) is 37.1 Å². The average molecular weight is 369 g/mol. The van der Waals surface area contributed by atoms with E-state index in [2.05, 4.69) is 9.58 Å². The SMILES string of the molecule is CC(=O)N1CCc2c(c(N(C)c3ccc(N)cc3)nn2C2CCOCC2)C1. The van der Waals surface area contributed by atoms with Crippen molar-refractivity contribution in [2.45, 2.75) is 38.8 Å². The quantitative estimate of drug-likeness (QED) is 0.841. The summed E-state index contributed by atoms with van der Waals surface area (Å²) >= 11 is 0. The number of anilines is 3. The maximum absolute atomic E-state index is 12.0. The lowest BCUT2D eigenvalue weighted by molar-refractivity contribution is -0.129. The molecule has 2 aliphatic heterocycles. The van der Waals surface area contributed by atoms with E-state index in [9.17, 15) is 4.79 Å². The summed E-state index contributed by atoms with van der Waals surface area (Å²) in [6, 6.07) is 8.16. The van der Waals surface area contributed by atoms with Gasteiger partial charge in [0.15, 0.2) is 5.82 Å². The number of carbonyl (C=O) groups is 1. The van der Waals surface area contributed by atoms with Crippen LogP contribution in [0.1, 0.15) is 37.1 Å². The molecule has 1 amide bonds. The molecule has 1 aromatic carbocycles. The zero-order valence-corrected chi connectivity index (χ0v) is 16.0. The van der Waals surface area contributed by atoms with Gasteiger partial charge in [-0.25, -0.2) is 0 Å². The van der Waals surface area contributed by atoms with Gasteiger partial charge in [-0.3, -0.25) is 9.48 Å². The molecular formula is C20H27N5O2. The molecule has 2 aliphatic rings. The summed E-state index contributed by atoms with van der Waals surface area (Å²) in [6.45, 7) is 4.56. The number of rotatable bonds is 3. The van der Waals surface area contributed by atoms with Crippen molar-refractivity contribution in [1.29, 1.82) is 0 Å². The highest BCUT2D eigenvalue weighted by Crippen LogP contribution is 2.35. The minimum atomic E-state index is 0.112. The van der Waals surface area contributed by atoms with E-state index in [0.717, 1.165) is 61.8 Å². The van der Waals surface area contributed by atoms with E-state index >= 15 is 0 Å². The highest BCUT2D eigenvalue weighted by atomic mass is 16.5. The lowest BCUT2D eigenvalue weighted by atomic mass is 10.0. The molecule has 2 N–H and O–H groups in total. The largest absolute Gasteiger partial charge is 0.399 e. The van der Waals surface area contributed by atoms with Gasteiger partial charge in [-0.15, -0.1) is 0 Å². The van der Waals surface area contributed by atoms with E-state index < -0.39 is 0 Å². The number of nitrogen functional groups attached to an aromatic ring is 1. The molecule has 27 heavy (non-hydrogen) atoms. The molecule has 144 valence electrons. The summed E-state index contributed by atoms with van der Waals surface area (Å²) in [5.41, 5.74) is 10.0. The van der Waals surface area contributed by atoms with Crippen molar-refractivity contribution >= 4 is 23.1 Å². The van der Waals surface area contributed by atoms with Crippen LogP contribution in [0.4, 0.5) is 17.2 Å². The van der Waals surface area contributed by atoms with Crippen molar-refractivity contribution < 1.29 is 9.53 Å². The molecule has 0 spiro atoms. The lowest BCUT2D eigenvalue weighted by Gasteiger charge is -2.29. The average Bonchev–Trinajstić information content (AvgIpc) is 3.07. The number of hydrogen-bond donors (Lipinski definition) is 1. The van der Waals surface area contributed by atoms with E-state index in [0.29, 0.717) is 12.6 Å². The van der Waals surface area contributed by atoms with Crippen LogP contribution in [0.2, 0.25) is 0 Å². The Labute approximate surface area is 159 Å². The second-order valence-corrected chi connectivity index (χ2v) is 7.38. The smallest absolute Gasteiger partial charge is 0.219 e. The van der Waals surface area contributed by atoms with Gasteiger partial charge in [0, 0.05) is 62.8 Å². The van der Waals surface area contributed by atoms with Crippen molar-refractivity contribution in [3.8, 4) is 0 Å². The molecule has 1 fully saturated rings. The fourth-order valence-electron chi connectivity index (χ4n) is 4.02. The summed E-state index contributed by atoms with van der Waals surface area (Å²) in [6.07, 6.45) is 2.81. The van der Waals surface area contributed by atoms with Gasteiger partial charge in [-0.2, -0.15) is 5.10 Å². The maximum atomic E-state index is 12.0. The van der Waals surface area contributed by atoms with Crippen LogP contribution < -0.4 is 10.6 Å². The molecule has 3 heterocycles. The number of fused-ring (bicyclic) bond motifs is 1. The Morgan fingerprint density at radius 2 is 1.96 bits per heavy atom. The van der Waals surface area contributed by atoms with Gasteiger partial charge < -0.3 is 20.3 Å². The number of aromatic nitrogens is 2. The molecule has 0 aliphatic carbocycles. The molecule has 0 radical (unpaired) electrons. The predicted molar refractivity (Wildman–Crippen MR) is 105 cm³/mol. The monoisotopic (exact) mass is 369 g/mol. The molecule has 0 atom stereocenters. The first kappa shape index (κ1) is 17.9. The standard InChI is InChI=1S/C20H27N5O2/c1-14(26)24-10-7-19-18(13-24)20(22-25(19)17-8-11-27-12-9-17)23(2)16-5-3-15(21)4-6-16/h3-6,17H,7-13,21H2,1-2H3. The second kappa shape index (κ2) is 7.23. The first-order chi connectivity index (χ1) is 13.0. The minimum absolute atomic E-state index is 0.112. The van der Waals surface area contributed by atoms with E-state index in [4.69, 9.17) is 15.6 Å². The normalized spacial score (nSPS) is 17.6. The molecule has 4 rings (SSSR count). The Bertz CT molecular complexity index is 824. The summed E-state index contributed by atoms with van der Waals surface area (Å²) in [4.78, 5) is 16.0. The molecule has 7 heteroatoms. The van der Waals surface area contributed by atoms with Crippen molar-refractivity contribution in [1.82, 2.24) is 14.7 Å². The fraction of sp³-hybridized carbons (Fsp3) is 0.500. The number of carbonyl (C=O) groups excluding carboxylic acids is 1. The maximum Gasteiger partial charge on any atom is 0.219 e. The third-order valence-corrected chi connectivity index (χ3v) is 5.64. The van der Waals surface area contributed by atoms with Gasteiger partial charge in [0.1, 0.15) is 0 Å². The third kappa shape index (κ3) is 3.39. The molecule has 7 nitrogen and oxygen atoms in total. The lowest BCUT2D eigenvalue weighted by Crippen LogP contribution is -2.35. The number of hydrogen-bond acceptors (Lipinski definition) is 5. The number of ether oxygens (including phenoxy) is 1. The Morgan fingerprint density at radius 1 is 1.26 bits per heavy atom. The molecule has 1 aromatic heterocycles. The molecular weight excluding hydrogens is 342 g/mol. The topological polar surface area (TPSA) is 76.6 Å². The van der Waals surface area contributed by atoms with Crippen LogP contribution in [0.15, 0.2) is 24.3 Å². The Balaban J connectivity index is 1.74. The molecule has 0 unspecified atom stereocenters. The zero-order valence-electron chi connectivity index (χ0n) is 16.0. The van der Waals surface area contributed by atoms with E-state index in [-0.39, 0.29) is 5.91 Å². The third-order valence-electron chi connectivity index (χ3n) is 5.64. The summed E-state index contributed by atoms with van der Waals surface area (Å²) in [5.74, 6) is 1.03. The number of nitrogens with two attached hydrogens (primary N) is 1. The number of amides is 1. The van der Waals surface area contributed by atoms with Gasteiger partial charge >= 0.3 is 0 Å². The van der Waals surface area contributed by atoms with Gasteiger partial charge in [-0.1, -0.05) is 0 Å². The number of nitrogens with zero attached hydrogens (tertiary/aromatic N) is 4. The summed E-state index contributed by atoms with van der Waals surface area (Å²) in [5, 5.41) is 5.03. The highest BCUT2D eigenvalue weighted by Gasteiger charge is 2.31. The summed E-state index contributed by atoms with van der Waals surface area (Å²) in [7, 11) is 2.02. The number of benzene rings is 1. The van der Waals surface area contributed by atoms with Crippen molar-refractivity contribution in [3.63, 3.8) is 0 Å². The molecule has 1 saturated heterocycles. The van der Waals surface area contributed by atoms with Crippen LogP contribution in [0, 0.1) is 0 Å². The van der Waals surface area contributed by atoms with Gasteiger partial charge in [0.25, 0.3) is 0 Å². The summed E-state index contributed by atoms with van der Waals surface area (Å²) < 4.78 is 7.74. The van der Waals surface area contributed by atoms with Gasteiger partial charge in [0.05, 0.1) is 12.6 Å². The van der Waals surface area contributed by atoms with Crippen LogP contribution in [0.5, 0.6) is 0 Å².